The zero-order chi connectivity index (χ0) is 19.9. The molecule has 0 saturated carbocycles. The number of nitrogens with one attached hydrogen (secondary N) is 1. The van der Waals surface area contributed by atoms with Gasteiger partial charge in [-0.15, -0.1) is 0 Å². The summed E-state index contributed by atoms with van der Waals surface area (Å²) in [6, 6.07) is 8.59. The number of aromatic nitrogens is 3. The molecule has 0 spiro atoms. The fourth-order valence-corrected chi connectivity index (χ4v) is 3.61. The maximum absolute atomic E-state index is 13.4. The van der Waals surface area contributed by atoms with Crippen LogP contribution in [-0.2, 0) is 10.2 Å². The van der Waals surface area contributed by atoms with Gasteiger partial charge in [-0.3, -0.25) is 0 Å². The molecule has 4 rings (SSSR count). The minimum absolute atomic E-state index is 0.111. The van der Waals surface area contributed by atoms with Crippen LogP contribution in [0.5, 0.6) is 0 Å². The van der Waals surface area contributed by atoms with Crippen molar-refractivity contribution in [3.8, 4) is 11.1 Å². The molecule has 3 heterocycles. The SMILES string of the molecule is Cc1nn2c(NC[C@@H]3CCCO3)cc(C(C)(C)C)nc2c1-c1ccc(F)cc1. The Balaban J connectivity index is 1.83. The van der Waals surface area contributed by atoms with Crippen molar-refractivity contribution in [2.75, 3.05) is 18.5 Å². The number of rotatable bonds is 4. The standard InChI is InChI=1S/C22H27FN4O/c1-14-20(15-7-9-16(23)10-8-15)21-25-18(22(2,3)4)12-19(27(21)26-14)24-13-17-6-5-11-28-17/h7-10,12,17,24H,5-6,11,13H2,1-4H3/t17-/m0/s1. The minimum Gasteiger partial charge on any atom is -0.376 e. The average Bonchev–Trinajstić information content (AvgIpc) is 3.27. The number of fused-ring (bicyclic) bond motifs is 1. The monoisotopic (exact) mass is 382 g/mol. The predicted molar refractivity (Wildman–Crippen MR) is 109 cm³/mol. The van der Waals surface area contributed by atoms with Gasteiger partial charge in [0.2, 0.25) is 0 Å². The summed E-state index contributed by atoms with van der Waals surface area (Å²) >= 11 is 0. The van der Waals surface area contributed by atoms with Gasteiger partial charge in [-0.2, -0.15) is 9.61 Å². The molecule has 1 atom stereocenters. The lowest BCUT2D eigenvalue weighted by molar-refractivity contribution is 0.120. The first-order valence-electron chi connectivity index (χ1n) is 9.85. The first-order valence-corrected chi connectivity index (χ1v) is 9.85. The second kappa shape index (κ2) is 7.17. The first kappa shape index (κ1) is 18.9. The van der Waals surface area contributed by atoms with Crippen molar-refractivity contribution in [2.24, 2.45) is 0 Å². The third-order valence-electron chi connectivity index (χ3n) is 5.20. The Morgan fingerprint density at radius 3 is 2.64 bits per heavy atom. The van der Waals surface area contributed by atoms with E-state index in [4.69, 9.17) is 14.8 Å². The molecule has 148 valence electrons. The number of benzene rings is 1. The molecule has 0 radical (unpaired) electrons. The van der Waals surface area contributed by atoms with Gasteiger partial charge in [0.25, 0.3) is 0 Å². The molecule has 1 aromatic carbocycles. The van der Waals surface area contributed by atoms with Crippen LogP contribution in [0.2, 0.25) is 0 Å². The highest BCUT2D eigenvalue weighted by atomic mass is 19.1. The van der Waals surface area contributed by atoms with Gasteiger partial charge < -0.3 is 10.1 Å². The van der Waals surface area contributed by atoms with Crippen LogP contribution in [-0.4, -0.2) is 33.9 Å². The topological polar surface area (TPSA) is 51.5 Å². The highest BCUT2D eigenvalue weighted by Crippen LogP contribution is 2.32. The molecule has 1 saturated heterocycles. The largest absolute Gasteiger partial charge is 0.376 e. The summed E-state index contributed by atoms with van der Waals surface area (Å²) in [4.78, 5) is 4.94. The van der Waals surface area contributed by atoms with Crippen molar-refractivity contribution in [2.45, 2.75) is 52.1 Å². The second-order valence-corrected chi connectivity index (χ2v) is 8.50. The Morgan fingerprint density at radius 1 is 1.25 bits per heavy atom. The molecule has 3 aromatic rings. The zero-order valence-corrected chi connectivity index (χ0v) is 16.9. The summed E-state index contributed by atoms with van der Waals surface area (Å²) in [5.41, 5.74) is 4.37. The van der Waals surface area contributed by atoms with Crippen LogP contribution < -0.4 is 5.32 Å². The Kier molecular flexibility index (Phi) is 4.83. The summed E-state index contributed by atoms with van der Waals surface area (Å²) < 4.78 is 21.0. The molecule has 2 aromatic heterocycles. The fourth-order valence-electron chi connectivity index (χ4n) is 3.61. The van der Waals surface area contributed by atoms with Crippen molar-refractivity contribution in [3.63, 3.8) is 0 Å². The van der Waals surface area contributed by atoms with Gasteiger partial charge in [0, 0.05) is 30.2 Å². The van der Waals surface area contributed by atoms with E-state index in [0.29, 0.717) is 0 Å². The number of hydrogen-bond donors (Lipinski definition) is 1. The number of nitrogens with zero attached hydrogens (tertiary/aromatic N) is 3. The van der Waals surface area contributed by atoms with E-state index in [0.717, 1.165) is 60.0 Å². The summed E-state index contributed by atoms with van der Waals surface area (Å²) in [6.45, 7) is 9.99. The molecule has 1 aliphatic heterocycles. The van der Waals surface area contributed by atoms with Crippen molar-refractivity contribution in [3.05, 3.63) is 47.5 Å². The van der Waals surface area contributed by atoms with E-state index in [9.17, 15) is 4.39 Å². The highest BCUT2D eigenvalue weighted by Gasteiger charge is 2.23. The molecule has 6 heteroatoms. The predicted octanol–water partition coefficient (Wildman–Crippen LogP) is 4.73. The van der Waals surface area contributed by atoms with Gasteiger partial charge in [0.05, 0.1) is 17.5 Å². The van der Waals surface area contributed by atoms with Crippen LogP contribution in [0, 0.1) is 12.7 Å². The Hall–Kier alpha value is -2.47. The normalized spacial score (nSPS) is 17.4. The first-order chi connectivity index (χ1) is 13.3. The molecule has 1 aliphatic rings. The van der Waals surface area contributed by atoms with Crippen molar-refractivity contribution in [1.82, 2.24) is 14.6 Å². The summed E-state index contributed by atoms with van der Waals surface area (Å²) in [6.07, 6.45) is 2.42. The average molecular weight is 382 g/mol. The van der Waals surface area contributed by atoms with Crippen LogP contribution in [0.25, 0.3) is 16.8 Å². The maximum Gasteiger partial charge on any atom is 0.165 e. The minimum atomic E-state index is -0.250. The van der Waals surface area contributed by atoms with E-state index < -0.39 is 0 Å². The number of aryl methyl sites for hydroxylation is 1. The molecule has 0 bridgehead atoms. The van der Waals surface area contributed by atoms with Crippen molar-refractivity contribution < 1.29 is 9.13 Å². The lowest BCUT2D eigenvalue weighted by Crippen LogP contribution is -2.21. The fraction of sp³-hybridized carbons (Fsp3) is 0.455. The zero-order valence-electron chi connectivity index (χ0n) is 16.9. The van der Waals surface area contributed by atoms with Crippen LogP contribution in [0.3, 0.4) is 0 Å². The second-order valence-electron chi connectivity index (χ2n) is 8.50. The van der Waals surface area contributed by atoms with E-state index in [1.165, 1.54) is 12.1 Å². The molecular weight excluding hydrogens is 355 g/mol. The third-order valence-corrected chi connectivity index (χ3v) is 5.20. The lowest BCUT2D eigenvalue weighted by atomic mass is 9.92. The van der Waals surface area contributed by atoms with E-state index in [1.807, 2.05) is 11.4 Å². The Bertz CT molecular complexity index is 982. The molecule has 0 amide bonds. The number of ether oxygens (including phenoxy) is 1. The van der Waals surface area contributed by atoms with Gasteiger partial charge in [-0.1, -0.05) is 32.9 Å². The Morgan fingerprint density at radius 2 is 2.00 bits per heavy atom. The quantitative estimate of drug-likeness (QED) is 0.709. The van der Waals surface area contributed by atoms with E-state index in [2.05, 4.69) is 32.2 Å². The third kappa shape index (κ3) is 3.61. The van der Waals surface area contributed by atoms with E-state index >= 15 is 0 Å². The number of hydrogen-bond acceptors (Lipinski definition) is 4. The van der Waals surface area contributed by atoms with Crippen LogP contribution in [0.15, 0.2) is 30.3 Å². The molecule has 0 aliphatic carbocycles. The summed E-state index contributed by atoms with van der Waals surface area (Å²) in [5, 5.41) is 8.26. The summed E-state index contributed by atoms with van der Waals surface area (Å²) in [7, 11) is 0. The maximum atomic E-state index is 13.4. The van der Waals surface area contributed by atoms with Crippen LogP contribution in [0.1, 0.15) is 45.0 Å². The summed E-state index contributed by atoms with van der Waals surface area (Å²) in [5.74, 6) is 0.655. The van der Waals surface area contributed by atoms with E-state index in [1.54, 1.807) is 12.1 Å². The molecule has 28 heavy (non-hydrogen) atoms. The van der Waals surface area contributed by atoms with Crippen molar-refractivity contribution in [1.29, 1.82) is 0 Å². The highest BCUT2D eigenvalue weighted by molar-refractivity contribution is 5.81. The van der Waals surface area contributed by atoms with Gasteiger partial charge in [0.1, 0.15) is 11.6 Å². The lowest BCUT2D eigenvalue weighted by Gasteiger charge is -2.20. The van der Waals surface area contributed by atoms with E-state index in [-0.39, 0.29) is 17.3 Å². The van der Waals surface area contributed by atoms with Crippen LogP contribution >= 0.6 is 0 Å². The molecule has 0 unspecified atom stereocenters. The number of halogens is 1. The van der Waals surface area contributed by atoms with Gasteiger partial charge in [-0.25, -0.2) is 9.37 Å². The van der Waals surface area contributed by atoms with Gasteiger partial charge in [-0.05, 0) is 37.5 Å². The molecular formula is C22H27FN4O. The molecule has 1 fully saturated rings. The van der Waals surface area contributed by atoms with Crippen LogP contribution in [0.4, 0.5) is 10.2 Å². The molecule has 1 N–H and O–H groups in total. The molecule has 5 nitrogen and oxygen atoms in total. The van der Waals surface area contributed by atoms with Gasteiger partial charge >= 0.3 is 0 Å². The smallest absolute Gasteiger partial charge is 0.165 e. The number of anilines is 1. The van der Waals surface area contributed by atoms with Crippen molar-refractivity contribution >= 4 is 11.5 Å². The Labute approximate surface area is 164 Å². The van der Waals surface area contributed by atoms with Gasteiger partial charge in [0.15, 0.2) is 5.65 Å².